The van der Waals surface area contributed by atoms with Gasteiger partial charge in [-0.2, -0.15) is 0 Å². The second-order valence-electron chi connectivity index (χ2n) is 11.4. The molecule has 7 rings (SSSR count). The van der Waals surface area contributed by atoms with Crippen molar-refractivity contribution in [3.8, 4) is 5.75 Å². The van der Waals surface area contributed by atoms with E-state index < -0.39 is 23.8 Å². The summed E-state index contributed by atoms with van der Waals surface area (Å²) in [6.07, 6.45) is 0.779. The Labute approximate surface area is 261 Å². The van der Waals surface area contributed by atoms with Crippen LogP contribution in [0.4, 0.5) is 5.69 Å². The average molecular weight is 635 g/mol. The van der Waals surface area contributed by atoms with Gasteiger partial charge in [0, 0.05) is 16.0 Å². The summed E-state index contributed by atoms with van der Waals surface area (Å²) in [6.45, 7) is 3.82. The Bertz CT molecular complexity index is 1700. The highest BCUT2D eigenvalue weighted by molar-refractivity contribution is 8.00. The SMILES string of the molecule is CCOC(=O)COc1ccc([C@H]2c3sc(=O)[nH]c3SC3C2[C@H]2C[C@@H]3C3C(=O)N(c4ccc(C(=O)OCC)cc4)C(=O)C32)cc1. The molecule has 228 valence electrons. The molecule has 3 aromatic rings. The van der Waals surface area contributed by atoms with E-state index in [0.29, 0.717) is 17.0 Å². The number of carbonyl (C=O) groups is 4. The quantitative estimate of drug-likeness (QED) is 0.286. The summed E-state index contributed by atoms with van der Waals surface area (Å²) < 4.78 is 15.6. The molecule has 2 amide bonds. The lowest BCUT2D eigenvalue weighted by Gasteiger charge is -2.43. The van der Waals surface area contributed by atoms with Crippen molar-refractivity contribution in [3.05, 3.63) is 74.2 Å². The number of thioether (sulfide) groups is 1. The monoisotopic (exact) mass is 634 g/mol. The number of imide groups is 1. The highest BCUT2D eigenvalue weighted by atomic mass is 32.2. The van der Waals surface area contributed by atoms with Crippen LogP contribution in [-0.2, 0) is 23.9 Å². The number of aromatic nitrogens is 1. The van der Waals surface area contributed by atoms with Crippen LogP contribution in [0.2, 0.25) is 0 Å². The third kappa shape index (κ3) is 4.57. The van der Waals surface area contributed by atoms with E-state index in [2.05, 4.69) is 4.98 Å². The second kappa shape index (κ2) is 11.2. The molecule has 3 heterocycles. The predicted molar refractivity (Wildman–Crippen MR) is 162 cm³/mol. The summed E-state index contributed by atoms with van der Waals surface area (Å²) in [5, 5.41) is 0.896. The van der Waals surface area contributed by atoms with Gasteiger partial charge in [-0.3, -0.25) is 19.3 Å². The van der Waals surface area contributed by atoms with Crippen molar-refractivity contribution < 1.29 is 33.4 Å². The topological polar surface area (TPSA) is 132 Å². The van der Waals surface area contributed by atoms with Crippen LogP contribution >= 0.6 is 23.1 Å². The molecule has 2 aromatic carbocycles. The first-order valence-electron chi connectivity index (χ1n) is 14.7. The Hall–Kier alpha value is -3.90. The molecular weight excluding hydrogens is 604 g/mol. The molecule has 1 saturated heterocycles. The Balaban J connectivity index is 1.18. The molecule has 4 aliphatic rings. The minimum Gasteiger partial charge on any atom is -0.482 e. The van der Waals surface area contributed by atoms with Gasteiger partial charge >= 0.3 is 16.8 Å². The van der Waals surface area contributed by atoms with Crippen LogP contribution in [0.25, 0.3) is 0 Å². The standard InChI is InChI=1S/C32H30N2O8S2/c1-3-40-21(35)14-42-18-11-7-15(8-12-18)22-23-19-13-20(26(23)43-28-27(22)44-32(39)33-28)25-24(19)29(36)34(30(25)37)17-9-5-16(6-10-17)31(38)41-4-2/h5-12,19-20,22-26H,3-4,13-14H2,1-2H3,(H,33,39)/t19-,20-,22-,23?,24?,25?,26?/m1/s1. The number of nitrogens with zero attached hydrogens (tertiary/aromatic N) is 1. The molecule has 1 aromatic heterocycles. The minimum atomic E-state index is -0.454. The lowest BCUT2D eigenvalue weighted by molar-refractivity contribution is -0.145. The summed E-state index contributed by atoms with van der Waals surface area (Å²) in [7, 11) is 0. The zero-order valence-electron chi connectivity index (χ0n) is 24.0. The summed E-state index contributed by atoms with van der Waals surface area (Å²) >= 11 is 2.83. The van der Waals surface area contributed by atoms with Gasteiger partial charge in [0.2, 0.25) is 11.8 Å². The molecule has 2 aliphatic carbocycles. The Morgan fingerprint density at radius 2 is 1.59 bits per heavy atom. The molecule has 10 nitrogen and oxygen atoms in total. The zero-order chi connectivity index (χ0) is 30.7. The Morgan fingerprint density at radius 3 is 2.27 bits per heavy atom. The van der Waals surface area contributed by atoms with Crippen LogP contribution in [0, 0.1) is 29.6 Å². The Kier molecular flexibility index (Phi) is 7.36. The van der Waals surface area contributed by atoms with E-state index in [4.69, 9.17) is 14.2 Å². The number of carbonyl (C=O) groups excluding carboxylic acids is 4. The number of anilines is 1. The fourth-order valence-corrected chi connectivity index (χ4v) is 10.6. The van der Waals surface area contributed by atoms with E-state index >= 15 is 0 Å². The zero-order valence-corrected chi connectivity index (χ0v) is 25.7. The van der Waals surface area contributed by atoms with Gasteiger partial charge in [0.15, 0.2) is 6.61 Å². The number of rotatable bonds is 8. The summed E-state index contributed by atoms with van der Waals surface area (Å²) in [6, 6.07) is 13.9. The molecule has 3 fully saturated rings. The van der Waals surface area contributed by atoms with Crippen molar-refractivity contribution in [1.82, 2.24) is 4.98 Å². The molecule has 0 spiro atoms. The van der Waals surface area contributed by atoms with Gasteiger partial charge in [-0.1, -0.05) is 23.5 Å². The van der Waals surface area contributed by atoms with E-state index in [0.717, 1.165) is 21.9 Å². The smallest absolute Gasteiger partial charge is 0.344 e. The van der Waals surface area contributed by atoms with Gasteiger partial charge in [0.05, 0.1) is 41.3 Å². The van der Waals surface area contributed by atoms with E-state index in [1.54, 1.807) is 49.9 Å². The van der Waals surface area contributed by atoms with Gasteiger partial charge < -0.3 is 19.2 Å². The number of benzene rings is 2. The highest BCUT2D eigenvalue weighted by Crippen LogP contribution is 2.68. The van der Waals surface area contributed by atoms with Gasteiger partial charge in [-0.15, -0.1) is 11.8 Å². The van der Waals surface area contributed by atoms with Gasteiger partial charge in [0.1, 0.15) is 5.75 Å². The number of fused-ring (bicyclic) bond motifs is 9. The highest BCUT2D eigenvalue weighted by Gasteiger charge is 2.69. The van der Waals surface area contributed by atoms with Crippen molar-refractivity contribution in [1.29, 1.82) is 0 Å². The van der Waals surface area contributed by atoms with Gasteiger partial charge in [-0.25, -0.2) is 9.59 Å². The summed E-state index contributed by atoms with van der Waals surface area (Å²) in [5.41, 5.74) is 1.81. The maximum Gasteiger partial charge on any atom is 0.344 e. The van der Waals surface area contributed by atoms with Crippen LogP contribution < -0.4 is 14.5 Å². The fourth-order valence-electron chi connectivity index (χ4n) is 7.72. The molecule has 2 aliphatic heterocycles. The number of thiazole rings is 1. The fraction of sp³-hybridized carbons (Fsp3) is 0.406. The molecule has 12 heteroatoms. The van der Waals surface area contributed by atoms with Crippen LogP contribution in [-0.4, -0.2) is 53.8 Å². The summed E-state index contributed by atoms with van der Waals surface area (Å²) in [4.78, 5) is 69.4. The molecule has 7 atom stereocenters. The normalized spacial score (nSPS) is 28.0. The van der Waals surface area contributed by atoms with Crippen molar-refractivity contribution in [2.45, 2.75) is 36.5 Å². The Morgan fingerprint density at radius 1 is 0.909 bits per heavy atom. The summed E-state index contributed by atoms with van der Waals surface area (Å²) in [5.74, 6) is -1.73. The number of esters is 2. The van der Waals surface area contributed by atoms with Crippen molar-refractivity contribution in [3.63, 3.8) is 0 Å². The van der Waals surface area contributed by atoms with Crippen LogP contribution in [0.3, 0.4) is 0 Å². The third-order valence-electron chi connectivity index (χ3n) is 9.26. The van der Waals surface area contributed by atoms with Crippen molar-refractivity contribution >= 4 is 52.5 Å². The van der Waals surface area contributed by atoms with Crippen LogP contribution in [0.15, 0.2) is 58.4 Å². The first-order valence-corrected chi connectivity index (χ1v) is 16.4. The molecule has 0 radical (unpaired) electrons. The number of hydrogen-bond donors (Lipinski definition) is 1. The maximum absolute atomic E-state index is 14.0. The van der Waals surface area contributed by atoms with Crippen molar-refractivity contribution in [2.24, 2.45) is 29.6 Å². The predicted octanol–water partition coefficient (Wildman–Crippen LogP) is 4.23. The van der Waals surface area contributed by atoms with Crippen molar-refractivity contribution in [2.75, 3.05) is 24.7 Å². The molecular formula is C32H30N2O8S2. The van der Waals surface area contributed by atoms with E-state index in [9.17, 15) is 24.0 Å². The molecule has 2 bridgehead atoms. The van der Waals surface area contributed by atoms with Gasteiger partial charge in [-0.05, 0) is 80.0 Å². The number of H-pyrrole nitrogens is 1. The lowest BCUT2D eigenvalue weighted by Crippen LogP contribution is -2.42. The largest absolute Gasteiger partial charge is 0.482 e. The first kappa shape index (κ1) is 28.8. The molecule has 1 N–H and O–H groups in total. The number of ether oxygens (including phenoxy) is 3. The third-order valence-corrected chi connectivity index (χ3v) is 11.9. The molecule has 2 saturated carbocycles. The average Bonchev–Trinajstić information content (AvgIpc) is 3.75. The molecule has 4 unspecified atom stereocenters. The van der Waals surface area contributed by atoms with Gasteiger partial charge in [0.25, 0.3) is 0 Å². The molecule has 44 heavy (non-hydrogen) atoms. The first-order chi connectivity index (χ1) is 21.3. The van der Waals surface area contributed by atoms with Crippen LogP contribution in [0.5, 0.6) is 5.75 Å². The number of amides is 2. The van der Waals surface area contributed by atoms with Crippen LogP contribution in [0.1, 0.15) is 47.0 Å². The van der Waals surface area contributed by atoms with E-state index in [1.165, 1.54) is 16.2 Å². The second-order valence-corrected chi connectivity index (χ2v) is 13.6. The lowest BCUT2D eigenvalue weighted by atomic mass is 9.68. The minimum absolute atomic E-state index is 0.00788. The number of aromatic amines is 1. The number of nitrogens with one attached hydrogen (secondary N) is 1. The van der Waals surface area contributed by atoms with E-state index in [1.807, 2.05) is 24.3 Å². The number of hydrogen-bond acceptors (Lipinski definition) is 10. The maximum atomic E-state index is 14.0. The van der Waals surface area contributed by atoms with E-state index in [-0.39, 0.29) is 65.4 Å².